The van der Waals surface area contributed by atoms with E-state index >= 15 is 0 Å². The Morgan fingerprint density at radius 1 is 0.567 bits per heavy atom. The van der Waals surface area contributed by atoms with Crippen molar-refractivity contribution >= 4 is 18.3 Å². The summed E-state index contributed by atoms with van der Waals surface area (Å²) >= 11 is 0. The van der Waals surface area contributed by atoms with Gasteiger partial charge in [0.2, 0.25) is 7.29 Å². The van der Waals surface area contributed by atoms with Crippen LogP contribution in [0.25, 0.3) is 0 Å². The summed E-state index contributed by atoms with van der Waals surface area (Å²) < 4.78 is 17.0. The van der Waals surface area contributed by atoms with Crippen molar-refractivity contribution in [3.05, 3.63) is 132 Å². The van der Waals surface area contributed by atoms with Crippen molar-refractivity contribution in [2.75, 3.05) is 11.2 Å². The smallest absolute Gasteiger partial charge is 0.205 e. The van der Waals surface area contributed by atoms with Gasteiger partial charge >= 0.3 is 0 Å². The van der Waals surface area contributed by atoms with Crippen LogP contribution in [-0.2, 0) is 17.1 Å². The second-order valence-corrected chi connectivity index (χ2v) is 10.1. The molecule has 2 nitrogen and oxygen atoms in total. The summed E-state index contributed by atoms with van der Waals surface area (Å²) in [6, 6.07) is 40.7. The molecule has 0 heterocycles. The lowest BCUT2D eigenvalue weighted by Crippen LogP contribution is -2.29. The van der Waals surface area contributed by atoms with E-state index < -0.39 is 7.29 Å². The Hall–Kier alpha value is -3.09. The summed E-state index contributed by atoms with van der Waals surface area (Å²) in [6.07, 6.45) is 1.34. The molecule has 1 atom stereocenters. The predicted octanol–water partition coefficient (Wildman–Crippen LogP) is 6.54. The average Bonchev–Trinajstić information content (AvgIpc) is 2.82. The Kier molecular flexibility index (Phi) is 6.47. The van der Waals surface area contributed by atoms with Crippen LogP contribution in [0, 0.1) is 0 Å². The van der Waals surface area contributed by atoms with E-state index in [1.165, 1.54) is 5.56 Å². The van der Waals surface area contributed by atoms with Crippen molar-refractivity contribution in [3.63, 3.8) is 0 Å². The van der Waals surface area contributed by atoms with Gasteiger partial charge in [0.15, 0.2) is 0 Å². The SMILES string of the molecule is O=[P@@](Cc1ccccc1)(c1ccccc1)N(CCc1ccccc1)c1ccccc1. The first-order chi connectivity index (χ1) is 14.8. The first kappa shape index (κ1) is 20.2. The van der Waals surface area contributed by atoms with E-state index in [1.807, 2.05) is 72.8 Å². The zero-order chi connectivity index (χ0) is 20.7. The van der Waals surface area contributed by atoms with Gasteiger partial charge in [-0.2, -0.15) is 0 Å². The van der Waals surface area contributed by atoms with E-state index in [2.05, 4.69) is 53.2 Å². The normalized spacial score (nSPS) is 12.8. The molecule has 0 fully saturated rings. The van der Waals surface area contributed by atoms with Gasteiger partial charge in [-0.05, 0) is 41.8 Å². The molecule has 0 aliphatic rings. The van der Waals surface area contributed by atoms with Crippen molar-refractivity contribution in [2.45, 2.75) is 12.6 Å². The Labute approximate surface area is 179 Å². The summed E-state index contributed by atoms with van der Waals surface area (Å²) in [5.41, 5.74) is 3.33. The standard InChI is InChI=1S/C27H26NOP/c29-30(27-19-11-4-12-20-27,23-25-15-7-2-8-16-25)28(26-17-9-3-10-18-26)22-21-24-13-5-1-6-14-24/h1-20H,21-23H2/t30-/m0/s1. The molecular formula is C27H26NOP. The summed E-state index contributed by atoms with van der Waals surface area (Å²) in [6.45, 7) is 0.688. The minimum Gasteiger partial charge on any atom is -0.318 e. The molecule has 150 valence electrons. The molecule has 0 aromatic heterocycles. The van der Waals surface area contributed by atoms with Gasteiger partial charge in [-0.15, -0.1) is 0 Å². The fourth-order valence-electron chi connectivity index (χ4n) is 3.76. The molecule has 0 radical (unpaired) electrons. The van der Waals surface area contributed by atoms with Crippen LogP contribution in [0.1, 0.15) is 11.1 Å². The fraction of sp³-hybridized carbons (Fsp3) is 0.111. The molecule has 0 aliphatic carbocycles. The van der Waals surface area contributed by atoms with Gasteiger partial charge in [0.05, 0.1) is 0 Å². The Bertz CT molecular complexity index is 1080. The molecule has 4 rings (SSSR count). The molecule has 0 saturated carbocycles. The van der Waals surface area contributed by atoms with Crippen LogP contribution in [0.3, 0.4) is 0 Å². The zero-order valence-corrected chi connectivity index (χ0v) is 17.9. The van der Waals surface area contributed by atoms with Gasteiger partial charge in [0.1, 0.15) is 0 Å². The number of benzene rings is 4. The van der Waals surface area contributed by atoms with Crippen LogP contribution in [0.4, 0.5) is 5.69 Å². The molecule has 0 N–H and O–H groups in total. The molecule has 0 amide bonds. The Morgan fingerprint density at radius 3 is 1.60 bits per heavy atom. The second kappa shape index (κ2) is 9.61. The van der Waals surface area contributed by atoms with Crippen LogP contribution >= 0.6 is 7.29 Å². The average molecular weight is 411 g/mol. The largest absolute Gasteiger partial charge is 0.318 e. The Balaban J connectivity index is 1.77. The van der Waals surface area contributed by atoms with Crippen molar-refractivity contribution in [1.82, 2.24) is 0 Å². The van der Waals surface area contributed by atoms with Gasteiger partial charge in [-0.1, -0.05) is 97.1 Å². The highest BCUT2D eigenvalue weighted by atomic mass is 31.2. The topological polar surface area (TPSA) is 20.3 Å². The van der Waals surface area contributed by atoms with Crippen molar-refractivity contribution in [1.29, 1.82) is 0 Å². The maximum Gasteiger partial charge on any atom is 0.205 e. The molecule has 0 bridgehead atoms. The number of hydrogen-bond acceptors (Lipinski definition) is 1. The number of nitrogens with zero attached hydrogens (tertiary/aromatic N) is 1. The van der Waals surface area contributed by atoms with E-state index in [1.54, 1.807) is 0 Å². The summed E-state index contributed by atoms with van der Waals surface area (Å²) in [7, 11) is -2.93. The van der Waals surface area contributed by atoms with Crippen LogP contribution in [0.15, 0.2) is 121 Å². The predicted molar refractivity (Wildman–Crippen MR) is 128 cm³/mol. The Morgan fingerprint density at radius 2 is 1.03 bits per heavy atom. The highest BCUT2D eigenvalue weighted by molar-refractivity contribution is 7.72. The van der Waals surface area contributed by atoms with Gasteiger partial charge in [-0.25, -0.2) is 0 Å². The highest BCUT2D eigenvalue weighted by Crippen LogP contribution is 2.53. The quantitative estimate of drug-likeness (QED) is 0.307. The first-order valence-electron chi connectivity index (χ1n) is 10.3. The van der Waals surface area contributed by atoms with Crippen molar-refractivity contribution in [3.8, 4) is 0 Å². The van der Waals surface area contributed by atoms with Crippen LogP contribution in [0.5, 0.6) is 0 Å². The number of para-hydroxylation sites is 1. The highest BCUT2D eigenvalue weighted by Gasteiger charge is 2.33. The molecule has 0 aliphatic heterocycles. The number of anilines is 1. The molecule has 30 heavy (non-hydrogen) atoms. The van der Waals surface area contributed by atoms with E-state index in [4.69, 9.17) is 0 Å². The third-order valence-electron chi connectivity index (χ3n) is 5.30. The third-order valence-corrected chi connectivity index (χ3v) is 8.41. The van der Waals surface area contributed by atoms with E-state index in [0.29, 0.717) is 12.7 Å². The van der Waals surface area contributed by atoms with Crippen molar-refractivity contribution in [2.24, 2.45) is 0 Å². The lowest BCUT2D eigenvalue weighted by Gasteiger charge is -2.34. The summed E-state index contributed by atoms with van der Waals surface area (Å²) in [5.74, 6) is 0. The molecule has 4 aromatic rings. The molecular weight excluding hydrogens is 385 g/mol. The van der Waals surface area contributed by atoms with E-state index in [0.717, 1.165) is 23.0 Å². The van der Waals surface area contributed by atoms with Crippen LogP contribution < -0.4 is 9.97 Å². The first-order valence-corrected chi connectivity index (χ1v) is 12.2. The van der Waals surface area contributed by atoms with Crippen LogP contribution in [0.2, 0.25) is 0 Å². The minimum absolute atomic E-state index is 0.502. The lowest BCUT2D eigenvalue weighted by molar-refractivity contribution is 0.576. The fourth-order valence-corrected chi connectivity index (χ4v) is 6.67. The monoisotopic (exact) mass is 411 g/mol. The van der Waals surface area contributed by atoms with Gasteiger partial charge in [0.25, 0.3) is 0 Å². The lowest BCUT2D eigenvalue weighted by atomic mass is 10.1. The molecule has 4 aromatic carbocycles. The minimum atomic E-state index is -2.93. The van der Waals surface area contributed by atoms with E-state index in [-0.39, 0.29) is 0 Å². The molecule has 3 heteroatoms. The molecule has 0 spiro atoms. The maximum atomic E-state index is 14.8. The molecule has 0 unspecified atom stereocenters. The van der Waals surface area contributed by atoms with E-state index in [9.17, 15) is 4.57 Å². The van der Waals surface area contributed by atoms with Crippen molar-refractivity contribution < 1.29 is 4.57 Å². The number of hydrogen-bond donors (Lipinski definition) is 0. The summed E-state index contributed by atoms with van der Waals surface area (Å²) in [5, 5.41) is 0.894. The van der Waals surface area contributed by atoms with Crippen LogP contribution in [-0.4, -0.2) is 6.54 Å². The molecule has 0 saturated heterocycles. The maximum absolute atomic E-state index is 14.8. The second-order valence-electron chi connectivity index (χ2n) is 7.38. The zero-order valence-electron chi connectivity index (χ0n) is 17.0. The van der Waals surface area contributed by atoms with Gasteiger partial charge in [-0.3, -0.25) is 4.57 Å². The number of rotatable bonds is 8. The summed E-state index contributed by atoms with van der Waals surface area (Å²) in [4.78, 5) is 0. The van der Waals surface area contributed by atoms with Gasteiger partial charge < -0.3 is 4.67 Å². The van der Waals surface area contributed by atoms with Gasteiger partial charge in [0, 0.05) is 23.7 Å². The third kappa shape index (κ3) is 4.72.